The van der Waals surface area contributed by atoms with Gasteiger partial charge < -0.3 is 9.84 Å². The number of carboxylic acids is 1. The lowest BCUT2D eigenvalue weighted by Crippen LogP contribution is -2.10. The summed E-state index contributed by atoms with van der Waals surface area (Å²) in [5.74, 6) is -0.173. The van der Waals surface area contributed by atoms with E-state index in [-0.39, 0.29) is 5.92 Å². The third-order valence-electron chi connectivity index (χ3n) is 4.17. The summed E-state index contributed by atoms with van der Waals surface area (Å²) in [6.45, 7) is 4.61. The molecule has 2 rings (SSSR count). The topological polar surface area (TPSA) is 46.5 Å². The van der Waals surface area contributed by atoms with E-state index in [2.05, 4.69) is 25.1 Å². The van der Waals surface area contributed by atoms with Crippen LogP contribution in [0, 0.1) is 5.92 Å². The molecule has 24 heavy (non-hydrogen) atoms. The van der Waals surface area contributed by atoms with E-state index in [0.717, 1.165) is 41.7 Å². The molecule has 0 amide bonds. The maximum Gasteiger partial charge on any atom is 0.306 e. The van der Waals surface area contributed by atoms with Gasteiger partial charge in [-0.25, -0.2) is 0 Å². The zero-order valence-corrected chi connectivity index (χ0v) is 14.5. The lowest BCUT2D eigenvalue weighted by atomic mass is 9.97. The average Bonchev–Trinajstić information content (AvgIpc) is 2.61. The Morgan fingerprint density at radius 1 is 1.17 bits per heavy atom. The van der Waals surface area contributed by atoms with Crippen LogP contribution in [0.1, 0.15) is 38.7 Å². The quantitative estimate of drug-likeness (QED) is 0.645. The van der Waals surface area contributed by atoms with Gasteiger partial charge in [-0.15, -0.1) is 0 Å². The Morgan fingerprint density at radius 2 is 1.92 bits per heavy atom. The molecule has 0 radical (unpaired) electrons. The number of aliphatic carboxylic acids is 1. The normalized spacial score (nSPS) is 11.9. The third kappa shape index (κ3) is 5.12. The molecule has 0 bridgehead atoms. The first kappa shape index (κ1) is 18.1. The number of benzene rings is 2. The molecule has 2 aromatic carbocycles. The molecule has 0 saturated carbocycles. The van der Waals surface area contributed by atoms with Crippen molar-refractivity contribution < 1.29 is 14.6 Å². The molecule has 1 N–H and O–H groups in total. The number of aryl methyl sites for hydroxylation is 1. The predicted octanol–water partition coefficient (Wildman–Crippen LogP) is 5.19. The second-order valence-electron chi connectivity index (χ2n) is 6.18. The van der Waals surface area contributed by atoms with Crippen LogP contribution >= 0.6 is 0 Å². The summed E-state index contributed by atoms with van der Waals surface area (Å²) >= 11 is 0. The molecule has 128 valence electrons. The molecule has 1 atom stereocenters. The van der Waals surface area contributed by atoms with Crippen LogP contribution in [0.25, 0.3) is 11.1 Å². The third-order valence-corrected chi connectivity index (χ3v) is 4.17. The number of ether oxygens (including phenoxy) is 1. The van der Waals surface area contributed by atoms with Crippen molar-refractivity contribution in [3.05, 3.63) is 54.1 Å². The smallest absolute Gasteiger partial charge is 0.306 e. The van der Waals surface area contributed by atoms with Crippen LogP contribution in [0.4, 0.5) is 0 Å². The molecule has 0 aliphatic rings. The summed E-state index contributed by atoms with van der Waals surface area (Å²) in [4.78, 5) is 11.0. The van der Waals surface area contributed by atoms with Gasteiger partial charge in [-0.2, -0.15) is 0 Å². The number of rotatable bonds is 9. The van der Waals surface area contributed by atoms with Crippen molar-refractivity contribution >= 4 is 5.97 Å². The van der Waals surface area contributed by atoms with Crippen molar-refractivity contribution in [2.24, 2.45) is 5.92 Å². The van der Waals surface area contributed by atoms with Gasteiger partial charge in [0.25, 0.3) is 0 Å². The van der Waals surface area contributed by atoms with Crippen molar-refractivity contribution in [1.29, 1.82) is 0 Å². The highest BCUT2D eigenvalue weighted by atomic mass is 16.5. The van der Waals surface area contributed by atoms with E-state index in [1.807, 2.05) is 30.3 Å². The number of unbranched alkanes of at least 4 members (excludes halogenated alkanes) is 1. The fourth-order valence-corrected chi connectivity index (χ4v) is 2.53. The molecule has 3 heteroatoms. The minimum Gasteiger partial charge on any atom is -0.493 e. The number of carbonyl (C=O) groups is 1. The average molecular weight is 326 g/mol. The van der Waals surface area contributed by atoms with Gasteiger partial charge in [0, 0.05) is 5.56 Å². The fourth-order valence-electron chi connectivity index (χ4n) is 2.53. The number of carboxylic acid groups (broad SMARTS) is 1. The largest absolute Gasteiger partial charge is 0.493 e. The van der Waals surface area contributed by atoms with E-state index < -0.39 is 5.97 Å². The molecule has 0 aliphatic heterocycles. The lowest BCUT2D eigenvalue weighted by Gasteiger charge is -2.14. The van der Waals surface area contributed by atoms with Gasteiger partial charge in [0.2, 0.25) is 0 Å². The first-order chi connectivity index (χ1) is 11.6. The Bertz CT molecular complexity index is 649. The highest BCUT2D eigenvalue weighted by Crippen LogP contribution is 2.31. The van der Waals surface area contributed by atoms with Crippen LogP contribution < -0.4 is 4.74 Å². The molecule has 1 unspecified atom stereocenters. The Labute approximate surface area is 144 Å². The predicted molar refractivity (Wildman–Crippen MR) is 97.4 cm³/mol. The maximum absolute atomic E-state index is 11.0. The van der Waals surface area contributed by atoms with Crippen LogP contribution in [0.3, 0.4) is 0 Å². The van der Waals surface area contributed by atoms with E-state index in [1.54, 1.807) is 6.92 Å². The Balaban J connectivity index is 2.21. The molecular formula is C21H26O3. The molecule has 0 aromatic heterocycles. The van der Waals surface area contributed by atoms with Gasteiger partial charge in [0.15, 0.2) is 0 Å². The van der Waals surface area contributed by atoms with Gasteiger partial charge in [-0.1, -0.05) is 56.7 Å². The van der Waals surface area contributed by atoms with Crippen LogP contribution in [0.5, 0.6) is 5.75 Å². The molecule has 0 saturated heterocycles. The fraction of sp³-hybridized carbons (Fsp3) is 0.381. The van der Waals surface area contributed by atoms with Gasteiger partial charge in [-0.05, 0) is 42.5 Å². The van der Waals surface area contributed by atoms with E-state index in [1.165, 1.54) is 0 Å². The van der Waals surface area contributed by atoms with Crippen LogP contribution in [0.2, 0.25) is 0 Å². The summed E-state index contributed by atoms with van der Waals surface area (Å²) in [5.41, 5.74) is 3.34. The van der Waals surface area contributed by atoms with Gasteiger partial charge >= 0.3 is 5.97 Å². The Hall–Kier alpha value is -2.29. The van der Waals surface area contributed by atoms with Gasteiger partial charge in [0.05, 0.1) is 12.5 Å². The summed E-state index contributed by atoms with van der Waals surface area (Å²) in [7, 11) is 0. The molecule has 3 nitrogen and oxygen atoms in total. The Kier molecular flexibility index (Phi) is 6.86. The standard InChI is InChI=1S/C21H26O3/c1-3-4-14-24-20-13-12-17(11-10-16(2)21(22)23)15-19(20)18-8-6-5-7-9-18/h5-9,12-13,15-16H,3-4,10-11,14H2,1-2H3,(H,22,23). The summed E-state index contributed by atoms with van der Waals surface area (Å²) in [5, 5.41) is 9.04. The molecular weight excluding hydrogens is 300 g/mol. The van der Waals surface area contributed by atoms with Crippen LogP contribution in [-0.4, -0.2) is 17.7 Å². The molecule has 0 heterocycles. The van der Waals surface area contributed by atoms with Gasteiger partial charge in [0.1, 0.15) is 5.75 Å². The number of hydrogen-bond acceptors (Lipinski definition) is 2. The van der Waals surface area contributed by atoms with Gasteiger partial charge in [-0.3, -0.25) is 4.79 Å². The Morgan fingerprint density at radius 3 is 2.58 bits per heavy atom. The summed E-state index contributed by atoms with van der Waals surface area (Å²) in [6, 6.07) is 16.4. The van der Waals surface area contributed by atoms with Crippen molar-refractivity contribution in [2.45, 2.75) is 39.5 Å². The highest BCUT2D eigenvalue weighted by Gasteiger charge is 2.12. The second-order valence-corrected chi connectivity index (χ2v) is 6.18. The van der Waals surface area contributed by atoms with Crippen LogP contribution in [0.15, 0.2) is 48.5 Å². The zero-order chi connectivity index (χ0) is 17.4. The lowest BCUT2D eigenvalue weighted by molar-refractivity contribution is -0.141. The first-order valence-corrected chi connectivity index (χ1v) is 8.65. The SMILES string of the molecule is CCCCOc1ccc(CCC(C)C(=O)O)cc1-c1ccccc1. The zero-order valence-electron chi connectivity index (χ0n) is 14.5. The molecule has 2 aromatic rings. The molecule has 0 aliphatic carbocycles. The monoisotopic (exact) mass is 326 g/mol. The minimum atomic E-state index is -0.738. The minimum absolute atomic E-state index is 0.328. The second kappa shape index (κ2) is 9.11. The van der Waals surface area contributed by atoms with Crippen molar-refractivity contribution in [3.8, 4) is 16.9 Å². The van der Waals surface area contributed by atoms with E-state index >= 15 is 0 Å². The van der Waals surface area contributed by atoms with Crippen molar-refractivity contribution in [3.63, 3.8) is 0 Å². The summed E-state index contributed by atoms with van der Waals surface area (Å²) in [6.07, 6.45) is 3.53. The molecule has 0 spiro atoms. The first-order valence-electron chi connectivity index (χ1n) is 8.65. The van der Waals surface area contributed by atoms with Crippen molar-refractivity contribution in [2.75, 3.05) is 6.61 Å². The number of hydrogen-bond donors (Lipinski definition) is 1. The highest BCUT2D eigenvalue weighted by molar-refractivity contribution is 5.71. The maximum atomic E-state index is 11.0. The summed E-state index contributed by atoms with van der Waals surface area (Å²) < 4.78 is 5.96. The van der Waals surface area contributed by atoms with Crippen LogP contribution in [-0.2, 0) is 11.2 Å². The van der Waals surface area contributed by atoms with E-state index in [4.69, 9.17) is 9.84 Å². The van der Waals surface area contributed by atoms with E-state index in [0.29, 0.717) is 13.0 Å². The molecule has 0 fully saturated rings. The van der Waals surface area contributed by atoms with E-state index in [9.17, 15) is 4.79 Å². The van der Waals surface area contributed by atoms with Crippen molar-refractivity contribution in [1.82, 2.24) is 0 Å².